The van der Waals surface area contributed by atoms with Gasteiger partial charge in [-0.05, 0) is 29.6 Å². The molecule has 0 bridgehead atoms. The van der Waals surface area contributed by atoms with Crippen LogP contribution >= 0.6 is 11.3 Å². The Hall–Kier alpha value is -1.79. The lowest BCUT2D eigenvalue weighted by Gasteiger charge is -2.06. The summed E-state index contributed by atoms with van der Waals surface area (Å²) in [6, 6.07) is 11.6. The minimum Gasteiger partial charge on any atom is -0.496 e. The summed E-state index contributed by atoms with van der Waals surface area (Å²) in [5.74, 6) is 0.802. The Labute approximate surface area is 92.4 Å². The van der Waals surface area contributed by atoms with Crippen molar-refractivity contribution in [3.63, 3.8) is 0 Å². The molecule has 0 aliphatic carbocycles. The second-order valence-electron chi connectivity index (χ2n) is 3.00. The molecule has 0 radical (unpaired) electrons. The van der Waals surface area contributed by atoms with E-state index in [1.54, 1.807) is 24.5 Å². The van der Waals surface area contributed by atoms with E-state index in [4.69, 9.17) is 10.00 Å². The minimum absolute atomic E-state index is 0.652. The van der Waals surface area contributed by atoms with Crippen molar-refractivity contribution in [3.8, 4) is 22.3 Å². The second-order valence-corrected chi connectivity index (χ2v) is 3.95. The van der Waals surface area contributed by atoms with Crippen molar-refractivity contribution in [2.24, 2.45) is 0 Å². The van der Waals surface area contributed by atoms with Crippen LogP contribution in [0.15, 0.2) is 35.7 Å². The zero-order chi connectivity index (χ0) is 10.7. The highest BCUT2D eigenvalue weighted by molar-refractivity contribution is 7.13. The predicted octanol–water partition coefficient (Wildman–Crippen LogP) is 3.30. The van der Waals surface area contributed by atoms with Gasteiger partial charge >= 0.3 is 0 Å². The quantitative estimate of drug-likeness (QED) is 0.770. The van der Waals surface area contributed by atoms with Gasteiger partial charge < -0.3 is 4.74 Å². The molecule has 1 heterocycles. The first-order valence-electron chi connectivity index (χ1n) is 4.47. The van der Waals surface area contributed by atoms with Gasteiger partial charge in [0.15, 0.2) is 0 Å². The molecule has 1 aromatic heterocycles. The molecule has 0 amide bonds. The summed E-state index contributed by atoms with van der Waals surface area (Å²) in [7, 11) is 1.64. The van der Waals surface area contributed by atoms with Gasteiger partial charge in [0.25, 0.3) is 0 Å². The van der Waals surface area contributed by atoms with Crippen LogP contribution in [-0.4, -0.2) is 7.11 Å². The number of nitrogens with zero attached hydrogens (tertiary/aromatic N) is 1. The van der Waals surface area contributed by atoms with E-state index >= 15 is 0 Å². The van der Waals surface area contributed by atoms with Crippen LogP contribution in [0.25, 0.3) is 10.4 Å². The molecular formula is C12H9NOS. The number of hydrogen-bond acceptors (Lipinski definition) is 3. The van der Waals surface area contributed by atoms with E-state index in [9.17, 15) is 0 Å². The first kappa shape index (κ1) is 9.75. The van der Waals surface area contributed by atoms with Crippen LogP contribution in [0.1, 0.15) is 5.56 Å². The summed E-state index contributed by atoms with van der Waals surface area (Å²) in [6.45, 7) is 0. The van der Waals surface area contributed by atoms with E-state index in [0.717, 1.165) is 16.2 Å². The van der Waals surface area contributed by atoms with Gasteiger partial charge in [-0.2, -0.15) is 5.26 Å². The molecule has 15 heavy (non-hydrogen) atoms. The summed E-state index contributed by atoms with van der Waals surface area (Å²) in [4.78, 5) is 1.11. The lowest BCUT2D eigenvalue weighted by atomic mass is 10.1. The molecule has 0 unspecified atom stereocenters. The Kier molecular flexibility index (Phi) is 2.70. The Morgan fingerprint density at radius 3 is 2.80 bits per heavy atom. The van der Waals surface area contributed by atoms with Crippen LogP contribution < -0.4 is 4.74 Å². The highest BCUT2D eigenvalue weighted by Crippen LogP contribution is 2.33. The molecule has 2 nitrogen and oxygen atoms in total. The lowest BCUT2D eigenvalue weighted by Crippen LogP contribution is -1.87. The largest absolute Gasteiger partial charge is 0.496 e. The van der Waals surface area contributed by atoms with Gasteiger partial charge in [0, 0.05) is 10.4 Å². The molecular weight excluding hydrogens is 206 g/mol. The maximum atomic E-state index is 8.84. The average molecular weight is 215 g/mol. The van der Waals surface area contributed by atoms with Crippen LogP contribution in [0.4, 0.5) is 0 Å². The van der Waals surface area contributed by atoms with Crippen LogP contribution in [0, 0.1) is 11.3 Å². The van der Waals surface area contributed by atoms with Gasteiger partial charge in [-0.25, -0.2) is 0 Å². The zero-order valence-electron chi connectivity index (χ0n) is 8.23. The first-order valence-corrected chi connectivity index (χ1v) is 5.35. The number of thiophene rings is 1. The Morgan fingerprint density at radius 1 is 1.33 bits per heavy atom. The van der Waals surface area contributed by atoms with Crippen molar-refractivity contribution < 1.29 is 4.74 Å². The summed E-state index contributed by atoms with van der Waals surface area (Å²) in [6.07, 6.45) is 0. The zero-order valence-corrected chi connectivity index (χ0v) is 9.04. The average Bonchev–Trinajstić information content (AvgIpc) is 2.81. The number of nitriles is 1. The fourth-order valence-corrected chi connectivity index (χ4v) is 2.15. The summed E-state index contributed by atoms with van der Waals surface area (Å²) in [5, 5.41) is 10.8. The van der Waals surface area contributed by atoms with Gasteiger partial charge in [0.05, 0.1) is 18.7 Å². The van der Waals surface area contributed by atoms with Gasteiger partial charge in [-0.3, -0.25) is 0 Å². The number of benzene rings is 1. The fraction of sp³-hybridized carbons (Fsp3) is 0.0833. The van der Waals surface area contributed by atoms with Crippen LogP contribution in [0.5, 0.6) is 5.75 Å². The molecule has 0 atom stereocenters. The molecule has 2 aromatic rings. The van der Waals surface area contributed by atoms with Crippen molar-refractivity contribution in [2.45, 2.75) is 0 Å². The molecule has 0 saturated carbocycles. The molecule has 3 heteroatoms. The Balaban J connectivity index is 2.58. The summed E-state index contributed by atoms with van der Waals surface area (Å²) in [5.41, 5.74) is 1.63. The molecule has 0 spiro atoms. The number of ether oxygens (including phenoxy) is 1. The molecule has 0 N–H and O–H groups in total. The Bertz CT molecular complexity index is 497. The van der Waals surface area contributed by atoms with E-state index in [1.807, 2.05) is 29.6 Å². The Morgan fingerprint density at radius 2 is 2.20 bits per heavy atom. The van der Waals surface area contributed by atoms with Gasteiger partial charge in [0.1, 0.15) is 5.75 Å². The lowest BCUT2D eigenvalue weighted by molar-refractivity contribution is 0.416. The first-order chi connectivity index (χ1) is 7.35. The van der Waals surface area contributed by atoms with Gasteiger partial charge in [-0.1, -0.05) is 6.07 Å². The normalized spacial score (nSPS) is 9.60. The van der Waals surface area contributed by atoms with Crippen LogP contribution in [0.2, 0.25) is 0 Å². The number of hydrogen-bond donors (Lipinski definition) is 0. The van der Waals surface area contributed by atoms with Crippen LogP contribution in [-0.2, 0) is 0 Å². The van der Waals surface area contributed by atoms with E-state index in [0.29, 0.717) is 5.56 Å². The third-order valence-corrected chi connectivity index (χ3v) is 3.02. The molecule has 0 saturated heterocycles. The van der Waals surface area contributed by atoms with Crippen molar-refractivity contribution in [3.05, 3.63) is 41.3 Å². The number of rotatable bonds is 2. The SMILES string of the molecule is COc1ccc(C#N)cc1-c1cccs1. The smallest absolute Gasteiger partial charge is 0.127 e. The van der Waals surface area contributed by atoms with E-state index < -0.39 is 0 Å². The molecule has 0 aliphatic heterocycles. The minimum atomic E-state index is 0.652. The predicted molar refractivity (Wildman–Crippen MR) is 61.0 cm³/mol. The van der Waals surface area contributed by atoms with E-state index in [2.05, 4.69) is 6.07 Å². The number of methoxy groups -OCH3 is 1. The molecule has 74 valence electrons. The van der Waals surface area contributed by atoms with Crippen molar-refractivity contribution in [1.82, 2.24) is 0 Å². The van der Waals surface area contributed by atoms with Crippen LogP contribution in [0.3, 0.4) is 0 Å². The van der Waals surface area contributed by atoms with Gasteiger partial charge in [0.2, 0.25) is 0 Å². The van der Waals surface area contributed by atoms with Gasteiger partial charge in [-0.15, -0.1) is 11.3 Å². The topological polar surface area (TPSA) is 33.0 Å². The van der Waals surface area contributed by atoms with Crippen molar-refractivity contribution in [2.75, 3.05) is 7.11 Å². The maximum absolute atomic E-state index is 8.84. The highest BCUT2D eigenvalue weighted by atomic mass is 32.1. The molecule has 0 fully saturated rings. The fourth-order valence-electron chi connectivity index (χ4n) is 1.40. The molecule has 2 rings (SSSR count). The summed E-state index contributed by atoms with van der Waals surface area (Å²) >= 11 is 1.64. The van der Waals surface area contributed by atoms with Crippen molar-refractivity contribution >= 4 is 11.3 Å². The standard InChI is InChI=1S/C12H9NOS/c1-14-11-5-4-9(8-13)7-10(11)12-3-2-6-15-12/h2-7H,1H3. The van der Waals surface area contributed by atoms with Crippen molar-refractivity contribution in [1.29, 1.82) is 5.26 Å². The maximum Gasteiger partial charge on any atom is 0.127 e. The third kappa shape index (κ3) is 1.85. The third-order valence-electron chi connectivity index (χ3n) is 2.12. The molecule has 0 aliphatic rings. The highest BCUT2D eigenvalue weighted by Gasteiger charge is 2.07. The van der Waals surface area contributed by atoms with E-state index in [1.165, 1.54) is 0 Å². The second kappa shape index (κ2) is 4.16. The van der Waals surface area contributed by atoms with E-state index in [-0.39, 0.29) is 0 Å². The molecule has 1 aromatic carbocycles. The summed E-state index contributed by atoms with van der Waals surface area (Å²) < 4.78 is 5.27. The monoisotopic (exact) mass is 215 g/mol.